The Morgan fingerprint density at radius 1 is 0.923 bits per heavy atom. The van der Waals surface area contributed by atoms with E-state index >= 15 is 0 Å². The lowest BCUT2D eigenvalue weighted by Crippen LogP contribution is -1.97. The van der Waals surface area contributed by atoms with E-state index in [1.807, 2.05) is 11.3 Å². The van der Waals surface area contributed by atoms with Gasteiger partial charge in [0.2, 0.25) is 0 Å². The average Bonchev–Trinajstić information content (AvgIpc) is 2.59. The first kappa shape index (κ1) is 10.7. The van der Waals surface area contributed by atoms with Crippen LogP contribution in [0.1, 0.15) is 0 Å². The van der Waals surface area contributed by atoms with Crippen molar-refractivity contribution in [2.24, 2.45) is 0 Å². The molecule has 2 rings (SSSR count). The first-order valence-electron chi connectivity index (χ1n) is 3.81. The van der Waals surface area contributed by atoms with Crippen LogP contribution in [-0.4, -0.2) is 0 Å². The summed E-state index contributed by atoms with van der Waals surface area (Å²) in [4.78, 5) is 0. The second kappa shape index (κ2) is 5.39. The summed E-state index contributed by atoms with van der Waals surface area (Å²) < 4.78 is 1.46. The van der Waals surface area contributed by atoms with E-state index in [4.69, 9.17) is 0 Å². The molecule has 13 heavy (non-hydrogen) atoms. The highest BCUT2D eigenvalue weighted by Crippen LogP contribution is 2.13. The fourth-order valence-electron chi connectivity index (χ4n) is 1.01. The maximum absolute atomic E-state index is 2.19. The van der Waals surface area contributed by atoms with Crippen LogP contribution in [0.15, 0.2) is 47.8 Å². The van der Waals surface area contributed by atoms with Crippen LogP contribution >= 0.6 is 32.3 Å². The molecule has 0 bridgehead atoms. The van der Waals surface area contributed by atoms with Crippen LogP contribution in [0.5, 0.6) is 0 Å². The number of hydrogen-bond acceptors (Lipinski definition) is 1. The van der Waals surface area contributed by atoms with Crippen LogP contribution < -0.4 is 9.92 Å². The molecule has 0 saturated heterocycles. The molecule has 0 N–H and O–H groups in total. The standard InChI is InChI=1S/C10H9PS.ClH/c1-2-5-9(6-3-1)11-10-7-4-8-12-10;/h1-8,11H;1H. The van der Waals surface area contributed by atoms with Crippen molar-refractivity contribution in [1.29, 1.82) is 0 Å². The molecule has 1 atom stereocenters. The molecule has 1 heterocycles. The lowest BCUT2D eigenvalue weighted by atomic mass is 10.4. The quantitative estimate of drug-likeness (QED) is 0.694. The Balaban J connectivity index is 0.000000845. The molecular formula is C10H10ClPS. The van der Waals surface area contributed by atoms with Gasteiger partial charge in [0.15, 0.2) is 0 Å². The maximum Gasteiger partial charge on any atom is 0.0292 e. The molecule has 0 nitrogen and oxygen atoms in total. The fourth-order valence-corrected chi connectivity index (χ4v) is 3.09. The van der Waals surface area contributed by atoms with Crippen LogP contribution in [0.3, 0.4) is 0 Å². The summed E-state index contributed by atoms with van der Waals surface area (Å²) in [7, 11) is 0.820. The van der Waals surface area contributed by atoms with Crippen molar-refractivity contribution in [2.75, 3.05) is 0 Å². The van der Waals surface area contributed by atoms with E-state index in [2.05, 4.69) is 47.8 Å². The first-order valence-corrected chi connectivity index (χ1v) is 5.69. The average molecular weight is 229 g/mol. The Bertz CT molecular complexity index is 331. The predicted octanol–water partition coefficient (Wildman–Crippen LogP) is 2.80. The van der Waals surface area contributed by atoms with Gasteiger partial charge in [-0.1, -0.05) is 36.4 Å². The second-order valence-corrected chi connectivity index (χ2v) is 5.14. The zero-order chi connectivity index (χ0) is 8.23. The zero-order valence-electron chi connectivity index (χ0n) is 6.94. The van der Waals surface area contributed by atoms with E-state index in [-0.39, 0.29) is 12.4 Å². The minimum Gasteiger partial charge on any atom is -0.147 e. The maximum atomic E-state index is 2.19. The molecule has 68 valence electrons. The molecule has 0 spiro atoms. The highest BCUT2D eigenvalue weighted by molar-refractivity contribution is 7.62. The zero-order valence-corrected chi connectivity index (χ0v) is 9.57. The molecule has 0 saturated carbocycles. The minimum absolute atomic E-state index is 0. The number of rotatable bonds is 2. The van der Waals surface area contributed by atoms with Crippen molar-refractivity contribution < 1.29 is 0 Å². The lowest BCUT2D eigenvalue weighted by Gasteiger charge is -1.96. The highest BCUT2D eigenvalue weighted by Gasteiger charge is 1.94. The molecule has 1 aromatic carbocycles. The smallest absolute Gasteiger partial charge is 0.0292 e. The van der Waals surface area contributed by atoms with Gasteiger partial charge in [0.25, 0.3) is 0 Å². The van der Waals surface area contributed by atoms with E-state index in [9.17, 15) is 0 Å². The van der Waals surface area contributed by atoms with E-state index in [1.54, 1.807) is 0 Å². The van der Waals surface area contributed by atoms with E-state index in [0.29, 0.717) is 0 Å². The summed E-state index contributed by atoms with van der Waals surface area (Å²) in [5.41, 5.74) is 0. The monoisotopic (exact) mass is 228 g/mol. The second-order valence-electron chi connectivity index (χ2n) is 2.47. The third-order valence-corrected chi connectivity index (χ3v) is 3.94. The van der Waals surface area contributed by atoms with Crippen LogP contribution in [0.25, 0.3) is 0 Å². The number of benzene rings is 1. The summed E-state index contributed by atoms with van der Waals surface area (Å²) in [6.45, 7) is 0. The third kappa shape index (κ3) is 3.11. The Morgan fingerprint density at radius 3 is 2.31 bits per heavy atom. The predicted molar refractivity (Wildman–Crippen MR) is 65.6 cm³/mol. The van der Waals surface area contributed by atoms with Gasteiger partial charge in [-0.3, -0.25) is 0 Å². The molecule has 0 aliphatic heterocycles. The van der Waals surface area contributed by atoms with E-state index in [1.165, 1.54) is 9.92 Å². The summed E-state index contributed by atoms with van der Waals surface area (Å²) in [5, 5.41) is 3.55. The largest absolute Gasteiger partial charge is 0.147 e. The third-order valence-electron chi connectivity index (χ3n) is 1.56. The van der Waals surface area contributed by atoms with Crippen LogP contribution in [0.2, 0.25) is 0 Å². The summed E-state index contributed by atoms with van der Waals surface area (Å²) in [6, 6.07) is 14.9. The van der Waals surface area contributed by atoms with Crippen LogP contribution in [0, 0.1) is 0 Å². The molecule has 0 radical (unpaired) electrons. The van der Waals surface area contributed by atoms with Gasteiger partial charge in [0.05, 0.1) is 0 Å². The molecule has 0 fully saturated rings. The van der Waals surface area contributed by atoms with Crippen molar-refractivity contribution in [1.82, 2.24) is 0 Å². The van der Waals surface area contributed by atoms with Gasteiger partial charge in [-0.2, -0.15) is 0 Å². The van der Waals surface area contributed by atoms with Crippen LogP contribution in [0.4, 0.5) is 0 Å². The minimum atomic E-state index is 0. The van der Waals surface area contributed by atoms with E-state index in [0.717, 1.165) is 8.58 Å². The molecule has 3 heteroatoms. The van der Waals surface area contributed by atoms with Crippen LogP contribution in [-0.2, 0) is 0 Å². The molecule has 0 aliphatic carbocycles. The fraction of sp³-hybridized carbons (Fsp3) is 0. The number of halogens is 1. The summed E-state index contributed by atoms with van der Waals surface area (Å²) in [6.07, 6.45) is 0. The Kier molecular flexibility index (Phi) is 4.44. The Labute approximate surface area is 90.2 Å². The normalized spacial score (nSPS) is 10.2. The van der Waals surface area contributed by atoms with Gasteiger partial charge >= 0.3 is 0 Å². The summed E-state index contributed by atoms with van der Waals surface area (Å²) >= 11 is 1.83. The molecule has 1 aromatic heterocycles. The lowest BCUT2D eigenvalue weighted by molar-refractivity contribution is 1.78. The highest BCUT2D eigenvalue weighted by atomic mass is 35.5. The van der Waals surface area contributed by atoms with Gasteiger partial charge in [-0.25, -0.2) is 0 Å². The number of hydrogen-bond donors (Lipinski definition) is 0. The summed E-state index contributed by atoms with van der Waals surface area (Å²) in [5.74, 6) is 0. The topological polar surface area (TPSA) is 0 Å². The molecule has 0 aliphatic rings. The van der Waals surface area contributed by atoms with E-state index < -0.39 is 0 Å². The van der Waals surface area contributed by atoms with Gasteiger partial charge in [0, 0.05) is 4.62 Å². The van der Waals surface area contributed by atoms with Gasteiger partial charge < -0.3 is 0 Å². The Morgan fingerprint density at radius 2 is 1.69 bits per heavy atom. The van der Waals surface area contributed by atoms with Crippen molar-refractivity contribution >= 4 is 42.2 Å². The van der Waals surface area contributed by atoms with Crippen molar-refractivity contribution in [3.63, 3.8) is 0 Å². The first-order chi connectivity index (χ1) is 5.95. The van der Waals surface area contributed by atoms with Gasteiger partial charge in [-0.05, 0) is 25.3 Å². The molecule has 2 aromatic rings. The van der Waals surface area contributed by atoms with Crippen molar-refractivity contribution in [3.05, 3.63) is 47.8 Å². The number of thiophene rings is 1. The van der Waals surface area contributed by atoms with Gasteiger partial charge in [-0.15, -0.1) is 23.7 Å². The molecule has 0 amide bonds. The molecular weight excluding hydrogens is 219 g/mol. The van der Waals surface area contributed by atoms with Crippen molar-refractivity contribution in [2.45, 2.75) is 0 Å². The SMILES string of the molecule is Cl.c1ccc(Pc2cccs2)cc1. The van der Waals surface area contributed by atoms with Gasteiger partial charge in [0.1, 0.15) is 0 Å². The molecule has 1 unspecified atom stereocenters. The Hall–Kier alpha value is -0.360. The van der Waals surface area contributed by atoms with Crippen molar-refractivity contribution in [3.8, 4) is 0 Å².